The Bertz CT molecular complexity index is 1620. The normalized spacial score (nSPS) is 19.2. The zero-order valence-corrected chi connectivity index (χ0v) is 24.6. The summed E-state index contributed by atoms with van der Waals surface area (Å²) in [5.41, 5.74) is 1.95. The standard InChI is InChI=1S/C29H22Cl4FN3O4/c1-14-11-16(36-27(40)41-28(2)9-10-28)5-8-22(14)37-25(38)18-13-17(4-6-19(18)30)35-26(39)24-23(29(24,32)33)15-3-7-21(34)20(31)12-15/h3-13,23-24H,1-2H3,(H,35,39)(H,36,40)(H,37,38). The van der Waals surface area contributed by atoms with Crippen LogP contribution in [0.5, 0.6) is 0 Å². The van der Waals surface area contributed by atoms with Gasteiger partial charge in [0.2, 0.25) is 5.91 Å². The summed E-state index contributed by atoms with van der Waals surface area (Å²) in [6.45, 7) is 3.52. The van der Waals surface area contributed by atoms with Crippen molar-refractivity contribution in [2.45, 2.75) is 29.7 Å². The van der Waals surface area contributed by atoms with Crippen LogP contribution in [0.2, 0.25) is 10.0 Å². The molecule has 0 radical (unpaired) electrons. The van der Waals surface area contributed by atoms with E-state index in [1.807, 2.05) is 0 Å². The van der Waals surface area contributed by atoms with Gasteiger partial charge in [0, 0.05) is 23.0 Å². The molecule has 3 N–H and O–H groups in total. The molecule has 0 bridgehead atoms. The van der Waals surface area contributed by atoms with Gasteiger partial charge in [-0.25, -0.2) is 9.18 Å². The molecule has 0 heterocycles. The van der Waals surface area contributed by atoms with Crippen molar-refractivity contribution in [3.05, 3.63) is 99.3 Å². The Morgan fingerprint density at radius 2 is 1.56 bits per heavy atom. The van der Waals surface area contributed by atoms with Crippen molar-refractivity contribution in [1.82, 2.24) is 0 Å². The van der Waals surface area contributed by atoms with Crippen molar-refractivity contribution in [2.24, 2.45) is 5.92 Å². The highest BCUT2D eigenvalue weighted by atomic mass is 35.5. The van der Waals surface area contributed by atoms with Gasteiger partial charge in [-0.05, 0) is 85.7 Å². The summed E-state index contributed by atoms with van der Waals surface area (Å²) in [6.07, 6.45) is 2.93. The smallest absolute Gasteiger partial charge is 0.412 e. The third kappa shape index (κ3) is 6.31. The molecule has 3 aromatic rings. The van der Waals surface area contributed by atoms with Crippen LogP contribution in [-0.4, -0.2) is 27.8 Å². The van der Waals surface area contributed by atoms with Gasteiger partial charge < -0.3 is 15.4 Å². The van der Waals surface area contributed by atoms with Gasteiger partial charge >= 0.3 is 6.09 Å². The molecule has 3 amide bonds. The van der Waals surface area contributed by atoms with Crippen LogP contribution in [0, 0.1) is 18.7 Å². The molecule has 0 aromatic heterocycles. The Labute approximate surface area is 254 Å². The monoisotopic (exact) mass is 635 g/mol. The minimum absolute atomic E-state index is 0.102. The van der Waals surface area contributed by atoms with Crippen LogP contribution < -0.4 is 16.0 Å². The average molecular weight is 637 g/mol. The fourth-order valence-electron chi connectivity index (χ4n) is 4.37. The van der Waals surface area contributed by atoms with Crippen molar-refractivity contribution >= 4 is 81.4 Å². The van der Waals surface area contributed by atoms with Crippen molar-refractivity contribution in [3.63, 3.8) is 0 Å². The first kappa shape index (κ1) is 29.2. The molecule has 3 aromatic carbocycles. The van der Waals surface area contributed by atoms with Crippen LogP contribution in [0.25, 0.3) is 0 Å². The van der Waals surface area contributed by atoms with E-state index in [2.05, 4.69) is 16.0 Å². The first-order chi connectivity index (χ1) is 19.3. The highest BCUT2D eigenvalue weighted by Crippen LogP contribution is 2.65. The quantitative estimate of drug-likeness (QED) is 0.180. The number of hydrogen-bond donors (Lipinski definition) is 3. The molecule has 2 atom stereocenters. The molecule has 12 heteroatoms. The summed E-state index contributed by atoms with van der Waals surface area (Å²) >= 11 is 25.0. The molecule has 1 fully saturated rings. The number of benzene rings is 3. The van der Waals surface area contributed by atoms with Gasteiger partial charge in [0.15, 0.2) is 0 Å². The number of amides is 3. The highest BCUT2D eigenvalue weighted by Gasteiger charge is 2.67. The minimum Gasteiger partial charge on any atom is -0.434 e. The summed E-state index contributed by atoms with van der Waals surface area (Å²) in [5, 5.41) is 8.22. The lowest BCUT2D eigenvalue weighted by molar-refractivity contribution is -0.117. The van der Waals surface area contributed by atoms with E-state index in [1.165, 1.54) is 36.4 Å². The van der Waals surface area contributed by atoms with Gasteiger partial charge in [-0.15, -0.1) is 23.2 Å². The van der Waals surface area contributed by atoms with E-state index < -0.39 is 45.5 Å². The van der Waals surface area contributed by atoms with E-state index in [4.69, 9.17) is 51.1 Å². The number of ether oxygens (including phenoxy) is 1. The lowest BCUT2D eigenvalue weighted by atomic mass is 10.1. The maximum absolute atomic E-state index is 13.6. The Hall–Kier alpha value is -3.30. The average Bonchev–Trinajstić information content (AvgIpc) is 3.77. The summed E-state index contributed by atoms with van der Waals surface area (Å²) in [4.78, 5) is 38.2. The Balaban J connectivity index is 1.25. The molecule has 2 aliphatic carbocycles. The predicted octanol–water partition coefficient (Wildman–Crippen LogP) is 8.10. The molecule has 212 valence electrons. The van der Waals surface area contributed by atoms with Crippen LogP contribution in [0.15, 0.2) is 66.7 Å². The van der Waals surface area contributed by atoms with Gasteiger partial charge in [-0.3, -0.25) is 14.9 Å². The van der Waals surface area contributed by atoms with E-state index >= 15 is 0 Å². The molecule has 5 rings (SSSR count). The second-order valence-corrected chi connectivity index (χ2v) is 12.3. The first-order valence-electron chi connectivity index (χ1n) is 12.3. The summed E-state index contributed by atoms with van der Waals surface area (Å²) in [7, 11) is 0. The first-order valence-corrected chi connectivity index (χ1v) is 13.8. The second kappa shape index (κ2) is 10.8. The second-order valence-electron chi connectivity index (χ2n) is 10.0. The number of carbonyl (C=O) groups excluding carboxylic acids is 3. The van der Waals surface area contributed by atoms with Gasteiger partial charge in [0.1, 0.15) is 15.8 Å². The molecule has 0 aliphatic heterocycles. The SMILES string of the molecule is Cc1cc(NC(=O)OC2(C)C=C2)ccc1NC(=O)c1cc(NC(=O)C2C(c3ccc(F)c(Cl)c3)C2(Cl)Cl)ccc1Cl. The highest BCUT2D eigenvalue weighted by molar-refractivity contribution is 6.53. The molecule has 1 saturated carbocycles. The number of anilines is 3. The molecule has 2 aliphatic rings. The maximum atomic E-state index is 13.6. The number of carbonyl (C=O) groups is 3. The minimum atomic E-state index is -1.42. The van der Waals surface area contributed by atoms with Crippen molar-refractivity contribution < 1.29 is 23.5 Å². The van der Waals surface area contributed by atoms with E-state index in [1.54, 1.807) is 44.2 Å². The number of nitrogens with one attached hydrogen (secondary N) is 3. The number of rotatable bonds is 7. The van der Waals surface area contributed by atoms with E-state index in [-0.39, 0.29) is 15.6 Å². The lowest BCUT2D eigenvalue weighted by Crippen LogP contribution is -2.22. The Morgan fingerprint density at radius 1 is 0.878 bits per heavy atom. The molecule has 41 heavy (non-hydrogen) atoms. The fraction of sp³-hybridized carbons (Fsp3) is 0.207. The fourth-order valence-corrected chi connectivity index (χ4v) is 5.59. The van der Waals surface area contributed by atoms with Gasteiger partial charge in [-0.2, -0.15) is 0 Å². The van der Waals surface area contributed by atoms with Crippen LogP contribution in [0.4, 0.5) is 26.2 Å². The van der Waals surface area contributed by atoms with Crippen LogP contribution >= 0.6 is 46.4 Å². The largest absolute Gasteiger partial charge is 0.434 e. The van der Waals surface area contributed by atoms with Crippen LogP contribution in [0.1, 0.15) is 34.3 Å². The number of aryl methyl sites for hydroxylation is 1. The molecular formula is C29H22Cl4FN3O4. The van der Waals surface area contributed by atoms with E-state index in [9.17, 15) is 18.8 Å². The van der Waals surface area contributed by atoms with Gasteiger partial charge in [0.25, 0.3) is 5.91 Å². The molecule has 7 nitrogen and oxygen atoms in total. The van der Waals surface area contributed by atoms with E-state index in [0.29, 0.717) is 28.2 Å². The predicted molar refractivity (Wildman–Crippen MR) is 159 cm³/mol. The summed E-state index contributed by atoms with van der Waals surface area (Å²) < 4.78 is 17.4. The van der Waals surface area contributed by atoms with Crippen LogP contribution in [-0.2, 0) is 9.53 Å². The van der Waals surface area contributed by atoms with E-state index in [0.717, 1.165) is 0 Å². The third-order valence-electron chi connectivity index (χ3n) is 6.79. The van der Waals surface area contributed by atoms with Crippen molar-refractivity contribution in [2.75, 3.05) is 16.0 Å². The number of hydrogen-bond acceptors (Lipinski definition) is 4. The zero-order valence-electron chi connectivity index (χ0n) is 21.5. The van der Waals surface area contributed by atoms with Crippen molar-refractivity contribution in [1.29, 1.82) is 0 Å². The molecule has 0 saturated heterocycles. The van der Waals surface area contributed by atoms with Crippen LogP contribution in [0.3, 0.4) is 0 Å². The zero-order chi connectivity index (χ0) is 29.7. The molecule has 0 spiro atoms. The molecule has 2 unspecified atom stereocenters. The lowest BCUT2D eigenvalue weighted by Gasteiger charge is -2.14. The maximum Gasteiger partial charge on any atom is 0.412 e. The Kier molecular flexibility index (Phi) is 7.72. The number of alkyl halides is 2. The summed E-state index contributed by atoms with van der Waals surface area (Å²) in [6, 6.07) is 13.4. The third-order valence-corrected chi connectivity index (χ3v) is 8.35. The topological polar surface area (TPSA) is 96.5 Å². The van der Waals surface area contributed by atoms with Gasteiger partial charge in [-0.1, -0.05) is 29.3 Å². The van der Waals surface area contributed by atoms with Gasteiger partial charge in [0.05, 0.1) is 21.5 Å². The Morgan fingerprint density at radius 3 is 2.22 bits per heavy atom. The summed E-state index contributed by atoms with van der Waals surface area (Å²) in [5.74, 6) is -3.04. The number of halogens is 5. The van der Waals surface area contributed by atoms with Crippen molar-refractivity contribution in [3.8, 4) is 0 Å². The molecular weight excluding hydrogens is 615 g/mol.